The van der Waals surface area contributed by atoms with Crippen molar-refractivity contribution in [3.63, 3.8) is 0 Å². The fraction of sp³-hybridized carbons (Fsp3) is 0.192. The van der Waals surface area contributed by atoms with E-state index in [1.165, 1.54) is 11.5 Å². The first-order chi connectivity index (χ1) is 16.5. The fourth-order valence-corrected chi connectivity index (χ4v) is 4.59. The third-order valence-electron chi connectivity index (χ3n) is 5.74. The van der Waals surface area contributed by atoms with Crippen LogP contribution in [0.25, 0.3) is 21.2 Å². The molecule has 0 unspecified atom stereocenters. The standard InChI is InChI=1S/C26H23N3O4S/c1-15-19(18-7-9-22-23(13-18)33-11-10-32-22)4-3-5-21(15)28-25-20-8-6-17(12-24(20)34-29-25)14-27-16(2)26(30)31/h3-9,12-14,16H,10-11H2,1-2H3,(H,28,29)(H,30,31)/t16-/m1/s1. The highest BCUT2D eigenvalue weighted by Crippen LogP contribution is 2.38. The van der Waals surface area contributed by atoms with Crippen molar-refractivity contribution in [1.29, 1.82) is 0 Å². The van der Waals surface area contributed by atoms with E-state index in [0.29, 0.717) is 13.2 Å². The molecule has 1 aliphatic rings. The van der Waals surface area contributed by atoms with Gasteiger partial charge in [-0.15, -0.1) is 0 Å². The van der Waals surface area contributed by atoms with Crippen LogP contribution in [0, 0.1) is 6.92 Å². The van der Waals surface area contributed by atoms with Gasteiger partial charge in [-0.2, -0.15) is 4.37 Å². The molecule has 1 aliphatic heterocycles. The molecular weight excluding hydrogens is 450 g/mol. The van der Waals surface area contributed by atoms with Gasteiger partial charge in [0.1, 0.15) is 19.3 Å². The molecular formula is C26H23N3O4S. The third-order valence-corrected chi connectivity index (χ3v) is 6.55. The van der Waals surface area contributed by atoms with Gasteiger partial charge in [-0.1, -0.05) is 24.3 Å². The van der Waals surface area contributed by atoms with E-state index in [2.05, 4.69) is 27.7 Å². The smallest absolute Gasteiger partial charge is 0.328 e. The number of aliphatic imine (C=N–C) groups is 1. The first-order valence-electron chi connectivity index (χ1n) is 10.9. The number of carboxylic acid groups (broad SMARTS) is 1. The number of rotatable bonds is 6. The normalized spacial score (nSPS) is 13.8. The Bertz CT molecular complexity index is 1410. The van der Waals surface area contributed by atoms with Gasteiger partial charge in [0, 0.05) is 17.3 Å². The highest BCUT2D eigenvalue weighted by molar-refractivity contribution is 7.13. The Labute approximate surface area is 200 Å². The van der Waals surface area contributed by atoms with Crippen molar-refractivity contribution in [2.45, 2.75) is 19.9 Å². The lowest BCUT2D eigenvalue weighted by atomic mass is 9.98. The average Bonchev–Trinajstić information content (AvgIpc) is 3.25. The second kappa shape index (κ2) is 9.15. The van der Waals surface area contributed by atoms with Crippen molar-refractivity contribution < 1.29 is 19.4 Å². The van der Waals surface area contributed by atoms with E-state index in [9.17, 15) is 4.79 Å². The van der Waals surface area contributed by atoms with Gasteiger partial charge >= 0.3 is 5.97 Å². The van der Waals surface area contributed by atoms with Crippen molar-refractivity contribution >= 4 is 45.3 Å². The number of anilines is 2. The molecule has 172 valence electrons. The van der Waals surface area contributed by atoms with Crippen LogP contribution in [0.3, 0.4) is 0 Å². The molecule has 1 aromatic heterocycles. The topological polar surface area (TPSA) is 93.0 Å². The molecule has 0 bridgehead atoms. The molecule has 7 nitrogen and oxygen atoms in total. The van der Waals surface area contributed by atoms with Crippen molar-refractivity contribution in [3.05, 3.63) is 65.7 Å². The monoisotopic (exact) mass is 473 g/mol. The Morgan fingerprint density at radius 2 is 1.97 bits per heavy atom. The minimum absolute atomic E-state index is 0.556. The minimum Gasteiger partial charge on any atom is -0.486 e. The van der Waals surface area contributed by atoms with Crippen LogP contribution in [0.4, 0.5) is 11.5 Å². The summed E-state index contributed by atoms with van der Waals surface area (Å²) >= 11 is 1.39. The van der Waals surface area contributed by atoms with E-state index in [-0.39, 0.29) is 0 Å². The summed E-state index contributed by atoms with van der Waals surface area (Å²) in [5, 5.41) is 13.5. The SMILES string of the molecule is Cc1c(Nc2nsc3cc(C=N[C@H](C)C(=O)O)ccc23)cccc1-c1ccc2c(c1)OCCO2. The molecule has 0 saturated carbocycles. The van der Waals surface area contributed by atoms with Crippen LogP contribution in [-0.2, 0) is 4.79 Å². The van der Waals surface area contributed by atoms with Crippen LogP contribution in [0.2, 0.25) is 0 Å². The zero-order chi connectivity index (χ0) is 23.7. The number of aliphatic carboxylic acids is 1. The fourth-order valence-electron chi connectivity index (χ4n) is 3.81. The molecule has 34 heavy (non-hydrogen) atoms. The second-order valence-electron chi connectivity index (χ2n) is 8.04. The van der Waals surface area contributed by atoms with Gasteiger partial charge in [-0.25, -0.2) is 4.79 Å². The molecule has 0 aliphatic carbocycles. The highest BCUT2D eigenvalue weighted by atomic mass is 32.1. The van der Waals surface area contributed by atoms with Gasteiger partial charge in [0.25, 0.3) is 0 Å². The molecule has 5 rings (SSSR count). The van der Waals surface area contributed by atoms with Crippen LogP contribution in [0.15, 0.2) is 59.6 Å². The maximum atomic E-state index is 11.0. The summed E-state index contributed by atoms with van der Waals surface area (Å²) in [5.74, 6) is 1.38. The number of nitrogens with zero attached hydrogens (tertiary/aromatic N) is 2. The molecule has 0 fully saturated rings. The summed E-state index contributed by atoms with van der Waals surface area (Å²) in [4.78, 5) is 15.1. The number of aromatic nitrogens is 1. The van der Waals surface area contributed by atoms with Crippen LogP contribution >= 0.6 is 11.5 Å². The summed E-state index contributed by atoms with van der Waals surface area (Å²) in [6.07, 6.45) is 1.59. The van der Waals surface area contributed by atoms with Gasteiger partial charge in [0.05, 0.1) is 4.70 Å². The van der Waals surface area contributed by atoms with Gasteiger partial charge in [-0.05, 0) is 78.0 Å². The predicted octanol–water partition coefficient (Wildman–Crippen LogP) is 5.68. The van der Waals surface area contributed by atoms with E-state index in [1.54, 1.807) is 13.1 Å². The summed E-state index contributed by atoms with van der Waals surface area (Å²) < 4.78 is 17.0. The second-order valence-corrected chi connectivity index (χ2v) is 8.85. The van der Waals surface area contributed by atoms with Crippen LogP contribution < -0.4 is 14.8 Å². The number of benzene rings is 3. The highest BCUT2D eigenvalue weighted by Gasteiger charge is 2.15. The van der Waals surface area contributed by atoms with Gasteiger partial charge in [0.15, 0.2) is 17.3 Å². The number of nitrogens with one attached hydrogen (secondary N) is 1. The first-order valence-corrected chi connectivity index (χ1v) is 11.7. The van der Waals surface area contributed by atoms with Gasteiger partial charge in [0.2, 0.25) is 0 Å². The number of hydrogen-bond donors (Lipinski definition) is 2. The molecule has 8 heteroatoms. The summed E-state index contributed by atoms with van der Waals surface area (Å²) in [6.45, 7) is 4.76. The maximum Gasteiger partial charge on any atom is 0.328 e. The van der Waals surface area contributed by atoms with Crippen LogP contribution in [0.1, 0.15) is 18.1 Å². The quantitative estimate of drug-likeness (QED) is 0.350. The number of carbonyl (C=O) groups is 1. The molecule has 3 aromatic carbocycles. The lowest BCUT2D eigenvalue weighted by molar-refractivity contribution is -0.137. The Hall–Kier alpha value is -3.91. The largest absolute Gasteiger partial charge is 0.486 e. The van der Waals surface area contributed by atoms with Crippen LogP contribution in [-0.4, -0.2) is 40.9 Å². The van der Waals surface area contributed by atoms with E-state index >= 15 is 0 Å². The summed E-state index contributed by atoms with van der Waals surface area (Å²) in [6, 6.07) is 17.3. The van der Waals surface area contributed by atoms with Gasteiger partial charge < -0.3 is 19.9 Å². The molecule has 1 atom stereocenters. The van der Waals surface area contributed by atoms with E-state index < -0.39 is 12.0 Å². The lowest BCUT2D eigenvalue weighted by Gasteiger charge is -2.19. The zero-order valence-corrected chi connectivity index (χ0v) is 19.6. The Morgan fingerprint density at radius 3 is 2.79 bits per heavy atom. The van der Waals surface area contributed by atoms with Gasteiger partial charge in [-0.3, -0.25) is 4.99 Å². The molecule has 0 saturated heterocycles. The molecule has 2 N–H and O–H groups in total. The third kappa shape index (κ3) is 4.32. The number of carboxylic acids is 1. The Morgan fingerprint density at radius 1 is 1.15 bits per heavy atom. The van der Waals surface area contributed by atoms with Crippen LogP contribution in [0.5, 0.6) is 11.5 Å². The first kappa shape index (κ1) is 21.9. The van der Waals surface area contributed by atoms with E-state index in [0.717, 1.165) is 55.3 Å². The molecule has 0 spiro atoms. The zero-order valence-electron chi connectivity index (χ0n) is 18.7. The maximum absolute atomic E-state index is 11.0. The van der Waals surface area contributed by atoms with E-state index in [4.69, 9.17) is 14.6 Å². The summed E-state index contributed by atoms with van der Waals surface area (Å²) in [7, 11) is 0. The molecule has 4 aromatic rings. The van der Waals surface area contributed by atoms with Crippen molar-refractivity contribution in [2.24, 2.45) is 4.99 Å². The number of fused-ring (bicyclic) bond motifs is 2. The minimum atomic E-state index is -0.949. The van der Waals surface area contributed by atoms with Crippen molar-refractivity contribution in [2.75, 3.05) is 18.5 Å². The molecule has 0 amide bonds. The number of ether oxygens (including phenoxy) is 2. The molecule has 0 radical (unpaired) electrons. The lowest BCUT2D eigenvalue weighted by Crippen LogP contribution is -2.15. The number of hydrogen-bond acceptors (Lipinski definition) is 7. The van der Waals surface area contributed by atoms with Crippen molar-refractivity contribution in [3.8, 4) is 22.6 Å². The molecule has 2 heterocycles. The average molecular weight is 474 g/mol. The predicted molar refractivity (Wildman–Crippen MR) is 135 cm³/mol. The Kier molecular flexibility index (Phi) is 5.90. The summed E-state index contributed by atoms with van der Waals surface area (Å²) in [5.41, 5.74) is 5.08. The Balaban J connectivity index is 1.41. The van der Waals surface area contributed by atoms with E-state index in [1.807, 2.05) is 48.5 Å². The van der Waals surface area contributed by atoms with Crippen molar-refractivity contribution in [1.82, 2.24) is 4.37 Å².